The Hall–Kier alpha value is -2.30. The van der Waals surface area contributed by atoms with E-state index in [1.165, 1.54) is 0 Å². The van der Waals surface area contributed by atoms with Gasteiger partial charge in [-0.25, -0.2) is 0 Å². The smallest absolute Gasteiger partial charge is 0.229 e. The fourth-order valence-corrected chi connectivity index (χ4v) is 3.16. The Morgan fingerprint density at radius 2 is 1.73 bits per heavy atom. The predicted octanol–water partition coefficient (Wildman–Crippen LogP) is 5.13. The van der Waals surface area contributed by atoms with Gasteiger partial charge in [-0.15, -0.1) is 0 Å². The molecule has 0 aliphatic rings. The van der Waals surface area contributed by atoms with Gasteiger partial charge >= 0.3 is 0 Å². The normalized spacial score (nSPS) is 12.0. The quantitative estimate of drug-likeness (QED) is 0.636. The van der Waals surface area contributed by atoms with Crippen molar-refractivity contribution in [2.24, 2.45) is 0 Å². The number of amides is 1. The van der Waals surface area contributed by atoms with Crippen molar-refractivity contribution in [3.63, 3.8) is 0 Å². The molecule has 1 heterocycles. The first-order valence-electron chi connectivity index (χ1n) is 8.25. The van der Waals surface area contributed by atoms with Crippen molar-refractivity contribution in [1.82, 2.24) is 10.5 Å². The summed E-state index contributed by atoms with van der Waals surface area (Å²) in [6, 6.07) is 17.0. The number of hydrogen-bond donors (Lipinski definition) is 1. The Morgan fingerprint density at radius 3 is 2.35 bits per heavy atom. The van der Waals surface area contributed by atoms with Crippen LogP contribution in [0.2, 0.25) is 10.2 Å². The molecule has 2 aromatic carbocycles. The molecule has 1 amide bonds. The lowest BCUT2D eigenvalue weighted by molar-refractivity contribution is -0.121. The van der Waals surface area contributed by atoms with E-state index in [0.29, 0.717) is 23.6 Å². The summed E-state index contributed by atoms with van der Waals surface area (Å²) in [7, 11) is 0. The van der Waals surface area contributed by atoms with Gasteiger partial charge in [-0.1, -0.05) is 59.2 Å². The third kappa shape index (κ3) is 4.45. The minimum Gasteiger partial charge on any atom is -0.345 e. The van der Waals surface area contributed by atoms with Gasteiger partial charge in [0, 0.05) is 17.0 Å². The summed E-state index contributed by atoms with van der Waals surface area (Å²) >= 11 is 12.0. The van der Waals surface area contributed by atoms with Crippen LogP contribution < -0.4 is 5.32 Å². The van der Waals surface area contributed by atoms with Crippen LogP contribution in [0.15, 0.2) is 59.1 Å². The standard InChI is InChI=1S/C20H18Cl2N2O2/c1-13-17(20(22)26-24-13)11-12-18(25)23-19(14-5-3-2-4-6-14)15-7-9-16(21)10-8-15/h2-10,19H,11-12H2,1H3,(H,23,25). The van der Waals surface area contributed by atoms with Gasteiger partial charge in [0.25, 0.3) is 0 Å². The number of hydrogen-bond acceptors (Lipinski definition) is 3. The van der Waals surface area contributed by atoms with Gasteiger partial charge in [0.05, 0.1) is 11.7 Å². The molecule has 0 saturated carbocycles. The molecule has 0 radical (unpaired) electrons. The van der Waals surface area contributed by atoms with E-state index >= 15 is 0 Å². The number of rotatable bonds is 6. The van der Waals surface area contributed by atoms with Gasteiger partial charge in [-0.2, -0.15) is 0 Å². The van der Waals surface area contributed by atoms with Gasteiger partial charge < -0.3 is 9.84 Å². The van der Waals surface area contributed by atoms with Crippen LogP contribution in [0.1, 0.15) is 34.8 Å². The highest BCUT2D eigenvalue weighted by Gasteiger charge is 2.18. The van der Waals surface area contributed by atoms with Crippen LogP contribution >= 0.6 is 23.2 Å². The Balaban J connectivity index is 1.75. The van der Waals surface area contributed by atoms with E-state index < -0.39 is 0 Å². The van der Waals surface area contributed by atoms with Gasteiger partial charge in [0.2, 0.25) is 11.1 Å². The minimum atomic E-state index is -0.250. The number of carbonyl (C=O) groups is 1. The molecule has 0 bridgehead atoms. The molecule has 0 aliphatic carbocycles. The summed E-state index contributed by atoms with van der Waals surface area (Å²) < 4.78 is 4.93. The van der Waals surface area contributed by atoms with Crippen LogP contribution in [0.3, 0.4) is 0 Å². The summed E-state index contributed by atoms with van der Waals surface area (Å²) in [6.07, 6.45) is 0.765. The van der Waals surface area contributed by atoms with Gasteiger partial charge in [-0.05, 0) is 48.2 Å². The van der Waals surface area contributed by atoms with Gasteiger partial charge in [-0.3, -0.25) is 4.79 Å². The third-order valence-electron chi connectivity index (χ3n) is 4.18. The van der Waals surface area contributed by atoms with E-state index in [2.05, 4.69) is 10.5 Å². The second kappa shape index (κ2) is 8.39. The van der Waals surface area contributed by atoms with Gasteiger partial charge in [0.1, 0.15) is 0 Å². The maximum absolute atomic E-state index is 12.6. The van der Waals surface area contributed by atoms with E-state index in [1.807, 2.05) is 61.5 Å². The van der Waals surface area contributed by atoms with E-state index in [1.54, 1.807) is 0 Å². The fraction of sp³-hybridized carbons (Fsp3) is 0.200. The number of aromatic nitrogens is 1. The molecule has 6 heteroatoms. The van der Waals surface area contributed by atoms with Crippen molar-refractivity contribution in [3.8, 4) is 0 Å². The first-order valence-corrected chi connectivity index (χ1v) is 9.00. The van der Waals surface area contributed by atoms with Crippen molar-refractivity contribution >= 4 is 29.1 Å². The molecule has 1 unspecified atom stereocenters. The van der Waals surface area contributed by atoms with Crippen LogP contribution in [0, 0.1) is 6.92 Å². The second-order valence-electron chi connectivity index (χ2n) is 5.98. The van der Waals surface area contributed by atoms with Crippen LogP contribution in [-0.4, -0.2) is 11.1 Å². The number of benzene rings is 2. The van der Waals surface area contributed by atoms with Crippen molar-refractivity contribution in [2.75, 3.05) is 0 Å². The lowest BCUT2D eigenvalue weighted by atomic mass is 9.98. The maximum atomic E-state index is 12.6. The van der Waals surface area contributed by atoms with Crippen LogP contribution in [0.5, 0.6) is 0 Å². The molecule has 0 aliphatic heterocycles. The lowest BCUT2D eigenvalue weighted by Crippen LogP contribution is -2.29. The molecule has 1 atom stereocenters. The number of aryl methyl sites for hydroxylation is 1. The predicted molar refractivity (Wildman–Crippen MR) is 102 cm³/mol. The molecular weight excluding hydrogens is 371 g/mol. The molecule has 26 heavy (non-hydrogen) atoms. The highest BCUT2D eigenvalue weighted by Crippen LogP contribution is 2.24. The Kier molecular flexibility index (Phi) is 5.96. The first-order chi connectivity index (χ1) is 12.5. The number of nitrogens with zero attached hydrogens (tertiary/aromatic N) is 1. The zero-order chi connectivity index (χ0) is 18.5. The van der Waals surface area contributed by atoms with Crippen LogP contribution in [0.4, 0.5) is 0 Å². The number of halogens is 2. The number of carbonyl (C=O) groups excluding carboxylic acids is 1. The topological polar surface area (TPSA) is 55.1 Å². The highest BCUT2D eigenvalue weighted by atomic mass is 35.5. The van der Waals surface area contributed by atoms with Crippen molar-refractivity contribution in [1.29, 1.82) is 0 Å². The molecule has 0 spiro atoms. The molecular formula is C20H18Cl2N2O2. The second-order valence-corrected chi connectivity index (χ2v) is 6.76. The summed E-state index contributed by atoms with van der Waals surface area (Å²) in [5.74, 6) is -0.0783. The maximum Gasteiger partial charge on any atom is 0.229 e. The zero-order valence-corrected chi connectivity index (χ0v) is 15.7. The molecule has 0 saturated heterocycles. The molecule has 134 valence electrons. The fourth-order valence-electron chi connectivity index (χ4n) is 2.77. The largest absolute Gasteiger partial charge is 0.345 e. The lowest BCUT2D eigenvalue weighted by Gasteiger charge is -2.20. The molecule has 3 aromatic rings. The summed E-state index contributed by atoms with van der Waals surface area (Å²) in [6.45, 7) is 1.81. The Morgan fingerprint density at radius 1 is 1.08 bits per heavy atom. The van der Waals surface area contributed by atoms with Crippen molar-refractivity contribution in [2.45, 2.75) is 25.8 Å². The van der Waals surface area contributed by atoms with Crippen molar-refractivity contribution < 1.29 is 9.32 Å². The first kappa shape index (κ1) is 18.5. The van der Waals surface area contributed by atoms with E-state index in [0.717, 1.165) is 16.7 Å². The summed E-state index contributed by atoms with van der Waals surface area (Å²) in [5.41, 5.74) is 3.44. The highest BCUT2D eigenvalue weighted by molar-refractivity contribution is 6.30. The van der Waals surface area contributed by atoms with Crippen molar-refractivity contribution in [3.05, 3.63) is 87.2 Å². The van der Waals surface area contributed by atoms with E-state index in [-0.39, 0.29) is 17.2 Å². The molecule has 4 nitrogen and oxygen atoms in total. The summed E-state index contributed by atoms with van der Waals surface area (Å²) in [4.78, 5) is 12.6. The zero-order valence-electron chi connectivity index (χ0n) is 14.2. The Bertz CT molecular complexity index is 857. The third-order valence-corrected chi connectivity index (χ3v) is 4.73. The number of nitrogens with one attached hydrogen (secondary N) is 1. The van der Waals surface area contributed by atoms with Gasteiger partial charge in [0.15, 0.2) is 0 Å². The average Bonchev–Trinajstić information content (AvgIpc) is 2.97. The monoisotopic (exact) mass is 388 g/mol. The van der Waals surface area contributed by atoms with E-state index in [9.17, 15) is 4.79 Å². The SMILES string of the molecule is Cc1noc(Cl)c1CCC(=O)NC(c1ccccc1)c1ccc(Cl)cc1. The van der Waals surface area contributed by atoms with Crippen LogP contribution in [0.25, 0.3) is 0 Å². The Labute approximate surface area is 162 Å². The molecule has 1 N–H and O–H groups in total. The average molecular weight is 389 g/mol. The molecule has 3 rings (SSSR count). The summed E-state index contributed by atoms with van der Waals surface area (Å²) in [5, 5.41) is 7.80. The van der Waals surface area contributed by atoms with E-state index in [4.69, 9.17) is 27.7 Å². The minimum absolute atomic E-state index is 0.0783. The van der Waals surface area contributed by atoms with Crippen LogP contribution in [-0.2, 0) is 11.2 Å². The molecule has 0 fully saturated rings. The molecule has 1 aromatic heterocycles.